The van der Waals surface area contributed by atoms with E-state index in [1.807, 2.05) is 4.90 Å². The average molecular weight is 311 g/mol. The van der Waals surface area contributed by atoms with Gasteiger partial charge in [0.1, 0.15) is 0 Å². The Labute approximate surface area is 125 Å². The monoisotopic (exact) mass is 311 g/mol. The number of hydrogen-bond donors (Lipinski definition) is 1. The number of anilines is 2. The Morgan fingerprint density at radius 3 is 2.48 bits per heavy atom. The molecule has 7 heteroatoms. The molecule has 1 heterocycles. The number of amides is 1. The number of benzene rings is 1. The number of hydrogen-bond acceptors (Lipinski definition) is 5. The molecule has 0 saturated carbocycles. The minimum absolute atomic E-state index is 0.0709. The molecule has 1 fully saturated rings. The summed E-state index contributed by atoms with van der Waals surface area (Å²) in [7, 11) is -1.50. The van der Waals surface area contributed by atoms with E-state index < -0.39 is 9.84 Å². The Morgan fingerprint density at radius 1 is 1.33 bits per heavy atom. The van der Waals surface area contributed by atoms with Crippen LogP contribution >= 0.6 is 0 Å². The second kappa shape index (κ2) is 5.93. The van der Waals surface area contributed by atoms with Crippen LogP contribution in [0.1, 0.15) is 12.8 Å². The Kier molecular flexibility index (Phi) is 4.41. The summed E-state index contributed by atoms with van der Waals surface area (Å²) in [6.45, 7) is 1.87. The van der Waals surface area contributed by atoms with E-state index in [0.29, 0.717) is 11.4 Å². The number of likely N-dealkylation sites (N-methyl/N-ethyl adjacent to an activating group) is 1. The lowest BCUT2D eigenvalue weighted by atomic mass is 10.2. The molecule has 0 bridgehead atoms. The Hall–Kier alpha value is -1.76. The van der Waals surface area contributed by atoms with Gasteiger partial charge in [-0.05, 0) is 31.0 Å². The number of nitrogens with two attached hydrogens (primary N) is 1. The second-order valence-electron chi connectivity index (χ2n) is 5.44. The maximum absolute atomic E-state index is 12.1. The lowest BCUT2D eigenvalue weighted by Gasteiger charge is -2.24. The van der Waals surface area contributed by atoms with Crippen LogP contribution in [0, 0.1) is 0 Å². The van der Waals surface area contributed by atoms with E-state index >= 15 is 0 Å². The quantitative estimate of drug-likeness (QED) is 0.829. The fourth-order valence-electron chi connectivity index (χ4n) is 2.47. The Balaban J connectivity index is 2.12. The van der Waals surface area contributed by atoms with Crippen LogP contribution in [0.3, 0.4) is 0 Å². The number of likely N-dealkylation sites (tertiary alicyclic amines) is 1. The summed E-state index contributed by atoms with van der Waals surface area (Å²) in [4.78, 5) is 15.9. The number of sulfone groups is 1. The molecule has 21 heavy (non-hydrogen) atoms. The van der Waals surface area contributed by atoms with Crippen LogP contribution in [0.2, 0.25) is 0 Å². The Bertz CT molecular complexity index is 637. The van der Waals surface area contributed by atoms with Crippen LogP contribution in [-0.2, 0) is 14.6 Å². The summed E-state index contributed by atoms with van der Waals surface area (Å²) in [5, 5.41) is 0. The molecule has 1 aliphatic rings. The van der Waals surface area contributed by atoms with Gasteiger partial charge < -0.3 is 15.5 Å². The van der Waals surface area contributed by atoms with E-state index in [-0.39, 0.29) is 17.3 Å². The smallest absolute Gasteiger partial charge is 0.242 e. The highest BCUT2D eigenvalue weighted by Crippen LogP contribution is 2.25. The lowest BCUT2D eigenvalue weighted by Crippen LogP contribution is -2.37. The first-order chi connectivity index (χ1) is 9.79. The molecule has 1 aliphatic heterocycles. The van der Waals surface area contributed by atoms with Gasteiger partial charge >= 0.3 is 0 Å². The standard InChI is InChI=1S/C14H21N3O3S/c1-16(10-14(18)17-7-3-4-8-17)13-6-5-11(9-12(13)15)21(2,19)20/h5-6,9H,3-4,7-8,10,15H2,1-2H3. The molecule has 2 rings (SSSR count). The molecule has 0 aromatic heterocycles. The van der Waals surface area contributed by atoms with Gasteiger partial charge in [0.15, 0.2) is 9.84 Å². The van der Waals surface area contributed by atoms with Gasteiger partial charge in [0.2, 0.25) is 5.91 Å². The van der Waals surface area contributed by atoms with Crippen LogP contribution < -0.4 is 10.6 Å². The van der Waals surface area contributed by atoms with Crippen LogP contribution in [0.4, 0.5) is 11.4 Å². The third-order valence-corrected chi connectivity index (χ3v) is 4.78. The topological polar surface area (TPSA) is 83.7 Å². The third kappa shape index (κ3) is 3.66. The largest absolute Gasteiger partial charge is 0.397 e. The molecule has 0 aliphatic carbocycles. The van der Waals surface area contributed by atoms with Crippen LogP contribution in [0.15, 0.2) is 23.1 Å². The van der Waals surface area contributed by atoms with Crippen molar-refractivity contribution < 1.29 is 13.2 Å². The molecule has 6 nitrogen and oxygen atoms in total. The second-order valence-corrected chi connectivity index (χ2v) is 7.45. The lowest BCUT2D eigenvalue weighted by molar-refractivity contribution is -0.128. The van der Waals surface area contributed by atoms with E-state index in [0.717, 1.165) is 32.2 Å². The van der Waals surface area contributed by atoms with Crippen molar-refractivity contribution in [3.8, 4) is 0 Å². The molecule has 0 spiro atoms. The van der Waals surface area contributed by atoms with Gasteiger partial charge in [-0.1, -0.05) is 0 Å². The minimum atomic E-state index is -3.28. The molecule has 0 radical (unpaired) electrons. The summed E-state index contributed by atoms with van der Waals surface area (Å²) >= 11 is 0. The Morgan fingerprint density at radius 2 is 1.95 bits per heavy atom. The molecule has 1 aromatic rings. The predicted molar refractivity (Wildman–Crippen MR) is 83.0 cm³/mol. The van der Waals surface area contributed by atoms with E-state index in [4.69, 9.17) is 5.73 Å². The summed E-state index contributed by atoms with van der Waals surface area (Å²) in [5.41, 5.74) is 6.94. The molecule has 1 saturated heterocycles. The fourth-order valence-corrected chi connectivity index (χ4v) is 3.12. The van der Waals surface area contributed by atoms with Gasteiger partial charge in [0.05, 0.1) is 22.8 Å². The van der Waals surface area contributed by atoms with Crippen LogP contribution in [0.25, 0.3) is 0 Å². The summed E-state index contributed by atoms with van der Waals surface area (Å²) in [6.07, 6.45) is 3.25. The number of carbonyl (C=O) groups is 1. The molecular weight excluding hydrogens is 290 g/mol. The third-order valence-electron chi connectivity index (χ3n) is 3.67. The van der Waals surface area contributed by atoms with E-state index in [1.54, 1.807) is 18.0 Å². The minimum Gasteiger partial charge on any atom is -0.397 e. The van der Waals surface area contributed by atoms with Gasteiger partial charge in [0, 0.05) is 26.4 Å². The SMILES string of the molecule is CN(CC(=O)N1CCCC1)c1ccc(S(C)(=O)=O)cc1N. The van der Waals surface area contributed by atoms with Crippen molar-refractivity contribution >= 4 is 27.1 Å². The number of nitrogens with zero attached hydrogens (tertiary/aromatic N) is 2. The van der Waals surface area contributed by atoms with Gasteiger partial charge in [-0.25, -0.2) is 8.42 Å². The first-order valence-electron chi connectivity index (χ1n) is 6.87. The normalized spacial score (nSPS) is 15.2. The molecule has 0 unspecified atom stereocenters. The van der Waals surface area contributed by atoms with Crippen molar-refractivity contribution in [1.29, 1.82) is 0 Å². The zero-order valence-electron chi connectivity index (χ0n) is 12.4. The summed E-state index contributed by atoms with van der Waals surface area (Å²) in [6, 6.07) is 4.59. The number of nitrogen functional groups attached to an aromatic ring is 1. The molecule has 116 valence electrons. The van der Waals surface area contributed by atoms with E-state index in [1.165, 1.54) is 12.1 Å². The zero-order valence-corrected chi connectivity index (χ0v) is 13.2. The van der Waals surface area contributed by atoms with Crippen LogP contribution in [-0.4, -0.2) is 52.2 Å². The molecule has 0 atom stereocenters. The van der Waals surface area contributed by atoms with Gasteiger partial charge in [-0.15, -0.1) is 0 Å². The van der Waals surface area contributed by atoms with Crippen molar-refractivity contribution in [1.82, 2.24) is 4.90 Å². The fraction of sp³-hybridized carbons (Fsp3) is 0.500. The van der Waals surface area contributed by atoms with E-state index in [9.17, 15) is 13.2 Å². The number of rotatable bonds is 4. The van der Waals surface area contributed by atoms with Gasteiger partial charge in [-0.3, -0.25) is 4.79 Å². The van der Waals surface area contributed by atoms with Crippen LogP contribution in [0.5, 0.6) is 0 Å². The van der Waals surface area contributed by atoms with Crippen molar-refractivity contribution in [2.24, 2.45) is 0 Å². The highest BCUT2D eigenvalue weighted by Gasteiger charge is 2.20. The predicted octanol–water partition coefficient (Wildman–Crippen LogP) is 0.731. The maximum Gasteiger partial charge on any atom is 0.242 e. The van der Waals surface area contributed by atoms with Crippen molar-refractivity contribution in [2.45, 2.75) is 17.7 Å². The van der Waals surface area contributed by atoms with E-state index in [2.05, 4.69) is 0 Å². The summed E-state index contributed by atoms with van der Waals surface area (Å²) < 4.78 is 23.0. The van der Waals surface area contributed by atoms with Gasteiger partial charge in [-0.2, -0.15) is 0 Å². The summed E-state index contributed by atoms with van der Waals surface area (Å²) in [5.74, 6) is 0.0709. The highest BCUT2D eigenvalue weighted by atomic mass is 32.2. The molecule has 2 N–H and O–H groups in total. The van der Waals surface area contributed by atoms with Crippen molar-refractivity contribution in [3.05, 3.63) is 18.2 Å². The van der Waals surface area contributed by atoms with Gasteiger partial charge in [0.25, 0.3) is 0 Å². The van der Waals surface area contributed by atoms with Crippen molar-refractivity contribution in [3.63, 3.8) is 0 Å². The first-order valence-corrected chi connectivity index (χ1v) is 8.76. The van der Waals surface area contributed by atoms with Crippen molar-refractivity contribution in [2.75, 3.05) is 43.6 Å². The zero-order chi connectivity index (χ0) is 15.6. The maximum atomic E-state index is 12.1. The average Bonchev–Trinajstić information content (AvgIpc) is 2.91. The number of carbonyl (C=O) groups excluding carboxylic acids is 1. The molecule has 1 aromatic carbocycles. The highest BCUT2D eigenvalue weighted by molar-refractivity contribution is 7.90. The first kappa shape index (κ1) is 15.6. The molecular formula is C14H21N3O3S. The molecule has 1 amide bonds.